The SMILES string of the molecule is O=C1CC=C(C(=O)NNc2c(F)c(F)cc(F)c2F)NN1. The minimum Gasteiger partial charge on any atom is -0.294 e. The van der Waals surface area contributed by atoms with Crippen LogP contribution in [0.5, 0.6) is 0 Å². The third kappa shape index (κ3) is 3.04. The lowest BCUT2D eigenvalue weighted by Crippen LogP contribution is -2.46. The van der Waals surface area contributed by atoms with Crippen molar-refractivity contribution in [3.8, 4) is 0 Å². The number of hydrogen-bond acceptors (Lipinski definition) is 4. The van der Waals surface area contributed by atoms with Crippen molar-refractivity contribution in [3.05, 3.63) is 41.1 Å². The Morgan fingerprint density at radius 2 is 1.71 bits per heavy atom. The van der Waals surface area contributed by atoms with Crippen LogP contribution in [0.1, 0.15) is 6.42 Å². The zero-order chi connectivity index (χ0) is 15.6. The van der Waals surface area contributed by atoms with Crippen molar-refractivity contribution in [1.29, 1.82) is 0 Å². The van der Waals surface area contributed by atoms with Gasteiger partial charge in [-0.2, -0.15) is 0 Å². The summed E-state index contributed by atoms with van der Waals surface area (Å²) in [5, 5.41) is 0. The first-order chi connectivity index (χ1) is 9.90. The molecule has 21 heavy (non-hydrogen) atoms. The molecule has 6 nitrogen and oxygen atoms in total. The van der Waals surface area contributed by atoms with Gasteiger partial charge in [-0.1, -0.05) is 0 Å². The summed E-state index contributed by atoms with van der Waals surface area (Å²) >= 11 is 0. The monoisotopic (exact) mass is 304 g/mol. The predicted molar refractivity (Wildman–Crippen MR) is 62.0 cm³/mol. The Morgan fingerprint density at radius 1 is 1.10 bits per heavy atom. The minimum absolute atomic E-state index is 0.0401. The molecule has 0 fully saturated rings. The summed E-state index contributed by atoms with van der Waals surface area (Å²) in [6.07, 6.45) is 1.14. The Labute approximate surface area is 115 Å². The van der Waals surface area contributed by atoms with E-state index in [0.29, 0.717) is 0 Å². The number of nitrogens with one attached hydrogen (secondary N) is 4. The van der Waals surface area contributed by atoms with E-state index in [4.69, 9.17) is 0 Å². The first kappa shape index (κ1) is 14.6. The molecule has 1 aliphatic heterocycles. The normalized spacial score (nSPS) is 13.9. The van der Waals surface area contributed by atoms with E-state index >= 15 is 0 Å². The molecule has 0 radical (unpaired) electrons. The van der Waals surface area contributed by atoms with Crippen molar-refractivity contribution in [2.45, 2.75) is 6.42 Å². The lowest BCUT2D eigenvalue weighted by Gasteiger charge is -2.17. The summed E-state index contributed by atoms with van der Waals surface area (Å²) in [5.41, 5.74) is 6.66. The summed E-state index contributed by atoms with van der Waals surface area (Å²) in [6.45, 7) is 0. The number of halogens is 4. The topological polar surface area (TPSA) is 82.3 Å². The highest BCUT2D eigenvalue weighted by Crippen LogP contribution is 2.23. The molecule has 1 aromatic carbocycles. The van der Waals surface area contributed by atoms with Gasteiger partial charge in [0.25, 0.3) is 5.91 Å². The average molecular weight is 304 g/mol. The van der Waals surface area contributed by atoms with E-state index in [0.717, 1.165) is 0 Å². The highest BCUT2D eigenvalue weighted by atomic mass is 19.2. The highest BCUT2D eigenvalue weighted by molar-refractivity contribution is 5.95. The fraction of sp³-hybridized carbons (Fsp3) is 0.0909. The minimum atomic E-state index is -1.69. The van der Waals surface area contributed by atoms with E-state index < -0.39 is 34.9 Å². The Hall–Kier alpha value is -2.78. The number of hydrazine groups is 2. The average Bonchev–Trinajstić information content (AvgIpc) is 2.45. The summed E-state index contributed by atoms with van der Waals surface area (Å²) in [7, 11) is 0. The van der Waals surface area contributed by atoms with Crippen LogP contribution in [0, 0.1) is 23.3 Å². The van der Waals surface area contributed by atoms with Crippen molar-refractivity contribution in [2.24, 2.45) is 0 Å². The fourth-order valence-electron chi connectivity index (χ4n) is 1.45. The second-order valence-corrected chi connectivity index (χ2v) is 3.92. The van der Waals surface area contributed by atoms with E-state index in [1.165, 1.54) is 6.08 Å². The number of amides is 2. The van der Waals surface area contributed by atoms with Crippen molar-refractivity contribution in [2.75, 3.05) is 5.43 Å². The maximum Gasteiger partial charge on any atom is 0.287 e. The molecule has 112 valence electrons. The van der Waals surface area contributed by atoms with E-state index in [1.54, 1.807) is 5.43 Å². The Morgan fingerprint density at radius 3 is 2.24 bits per heavy atom. The van der Waals surface area contributed by atoms with Gasteiger partial charge in [-0.05, 0) is 6.08 Å². The van der Waals surface area contributed by atoms with Crippen LogP contribution in [0.2, 0.25) is 0 Å². The summed E-state index contributed by atoms with van der Waals surface area (Å²) in [5.74, 6) is -7.90. The van der Waals surface area contributed by atoms with Gasteiger partial charge in [0.15, 0.2) is 23.3 Å². The van der Waals surface area contributed by atoms with Crippen LogP contribution in [-0.2, 0) is 9.59 Å². The molecule has 0 unspecified atom stereocenters. The number of benzene rings is 1. The lowest BCUT2D eigenvalue weighted by molar-refractivity contribution is -0.122. The van der Waals surface area contributed by atoms with Gasteiger partial charge in [-0.15, -0.1) is 0 Å². The van der Waals surface area contributed by atoms with Gasteiger partial charge >= 0.3 is 0 Å². The summed E-state index contributed by atoms with van der Waals surface area (Å²) < 4.78 is 52.5. The molecule has 0 aromatic heterocycles. The number of rotatable bonds is 3. The van der Waals surface area contributed by atoms with Crippen LogP contribution in [0.4, 0.5) is 23.2 Å². The Bertz CT molecular complexity index is 621. The summed E-state index contributed by atoms with van der Waals surface area (Å²) in [4.78, 5) is 22.4. The van der Waals surface area contributed by atoms with E-state index in [-0.39, 0.29) is 24.1 Å². The van der Waals surface area contributed by atoms with Crippen molar-refractivity contribution in [1.82, 2.24) is 16.3 Å². The van der Waals surface area contributed by atoms with Crippen LogP contribution in [-0.4, -0.2) is 11.8 Å². The van der Waals surface area contributed by atoms with E-state index in [2.05, 4.69) is 10.9 Å². The molecule has 0 aliphatic carbocycles. The highest BCUT2D eigenvalue weighted by Gasteiger charge is 2.21. The molecule has 0 saturated carbocycles. The summed E-state index contributed by atoms with van der Waals surface area (Å²) in [6, 6.07) is 0.0401. The molecular weight excluding hydrogens is 296 g/mol. The lowest BCUT2D eigenvalue weighted by atomic mass is 10.2. The van der Waals surface area contributed by atoms with Crippen LogP contribution < -0.4 is 21.7 Å². The van der Waals surface area contributed by atoms with Gasteiger partial charge in [0.1, 0.15) is 11.4 Å². The maximum absolute atomic E-state index is 13.3. The molecule has 1 aliphatic rings. The molecule has 0 saturated heterocycles. The van der Waals surface area contributed by atoms with E-state index in [1.807, 2.05) is 5.43 Å². The third-order valence-corrected chi connectivity index (χ3v) is 2.49. The first-order valence-electron chi connectivity index (χ1n) is 5.54. The number of anilines is 1. The molecular formula is C11H8F4N4O2. The standard InChI is InChI=1S/C11H8F4N4O2/c12-4-3-5(13)9(15)10(8(4)14)18-19-11(21)6-1-2-7(20)17-16-6/h1,3,16,18H,2H2,(H,17,20)(H,19,21). The molecule has 0 bridgehead atoms. The fourth-order valence-corrected chi connectivity index (χ4v) is 1.45. The quantitative estimate of drug-likeness (QED) is 0.374. The molecule has 1 aromatic rings. The zero-order valence-corrected chi connectivity index (χ0v) is 10.2. The molecule has 10 heteroatoms. The number of carbonyl (C=O) groups excluding carboxylic acids is 2. The molecule has 1 heterocycles. The molecule has 0 atom stereocenters. The van der Waals surface area contributed by atoms with Gasteiger partial charge in [0.2, 0.25) is 5.91 Å². The second-order valence-electron chi connectivity index (χ2n) is 3.92. The zero-order valence-electron chi connectivity index (χ0n) is 10.2. The van der Waals surface area contributed by atoms with Crippen LogP contribution in [0.25, 0.3) is 0 Å². The maximum atomic E-state index is 13.3. The molecule has 2 rings (SSSR count). The third-order valence-electron chi connectivity index (χ3n) is 2.49. The van der Waals surface area contributed by atoms with Gasteiger partial charge in [-0.25, -0.2) is 17.6 Å². The van der Waals surface area contributed by atoms with E-state index in [9.17, 15) is 27.2 Å². The van der Waals surface area contributed by atoms with Crippen LogP contribution in [0.15, 0.2) is 17.8 Å². The predicted octanol–water partition coefficient (Wildman–Crippen LogP) is 0.595. The largest absolute Gasteiger partial charge is 0.294 e. The first-order valence-corrected chi connectivity index (χ1v) is 5.54. The van der Waals surface area contributed by atoms with Crippen molar-refractivity contribution >= 4 is 17.5 Å². The van der Waals surface area contributed by atoms with Gasteiger partial charge in [0, 0.05) is 12.5 Å². The Kier molecular flexibility index (Phi) is 3.96. The van der Waals surface area contributed by atoms with Crippen LogP contribution >= 0.6 is 0 Å². The van der Waals surface area contributed by atoms with Gasteiger partial charge in [0.05, 0.1) is 0 Å². The van der Waals surface area contributed by atoms with Crippen molar-refractivity contribution in [3.63, 3.8) is 0 Å². The second kappa shape index (κ2) is 5.69. The van der Waals surface area contributed by atoms with Crippen LogP contribution in [0.3, 0.4) is 0 Å². The number of carbonyl (C=O) groups is 2. The Balaban J connectivity index is 2.10. The smallest absolute Gasteiger partial charge is 0.287 e. The van der Waals surface area contributed by atoms with Gasteiger partial charge < -0.3 is 0 Å². The van der Waals surface area contributed by atoms with Crippen molar-refractivity contribution < 1.29 is 27.2 Å². The molecule has 0 spiro atoms. The van der Waals surface area contributed by atoms with Gasteiger partial charge in [-0.3, -0.25) is 31.3 Å². The molecule has 2 amide bonds. The number of hydrogen-bond donors (Lipinski definition) is 4. The molecule has 4 N–H and O–H groups in total.